The predicted molar refractivity (Wildman–Crippen MR) is 219 cm³/mol. The van der Waals surface area contributed by atoms with E-state index in [0.29, 0.717) is 63.5 Å². The molecular weight excluding hydrogens is 753 g/mol. The predicted octanol–water partition coefficient (Wildman–Crippen LogP) is 0.711. The molecule has 0 aromatic carbocycles. The van der Waals surface area contributed by atoms with E-state index in [2.05, 4.69) is 53.7 Å². The van der Waals surface area contributed by atoms with E-state index >= 15 is 0 Å². The van der Waals surface area contributed by atoms with E-state index in [4.69, 9.17) is 20.8 Å². The summed E-state index contributed by atoms with van der Waals surface area (Å²) < 4.78 is 41.0. The molecule has 5 aliphatic rings. The standard InChI is InChI=1S/C39H72BN7O9S/c1-23(40-55-33-22-27-21-32(38(27,4)5)39(33,6)56-40)28-15-14-26(28)20-31(49)29(12-8-10-16-41)45-35(50)24(2)44-37(52)34(25(3)48)46-36(51)30(13-9-11-17-42)47-57(53,54)19-18-43-7/h23-30,32-34,43,47-48H,8-22,41-42H2,1-7H3,(H,44,52)(H,45,50)(H,46,51). The lowest BCUT2D eigenvalue weighted by Crippen LogP contribution is -2.65. The number of nitrogens with two attached hydrogens (primary N) is 2. The van der Waals surface area contributed by atoms with Crippen LogP contribution in [0.1, 0.15) is 112 Å². The maximum Gasteiger partial charge on any atom is 0.460 e. The summed E-state index contributed by atoms with van der Waals surface area (Å²) in [6.07, 6.45) is 5.91. The van der Waals surface area contributed by atoms with Gasteiger partial charge in [0.05, 0.1) is 29.6 Å². The van der Waals surface area contributed by atoms with E-state index in [1.54, 1.807) is 7.05 Å². The first kappa shape index (κ1) is 47.5. The number of ketones is 1. The van der Waals surface area contributed by atoms with Gasteiger partial charge in [-0.15, -0.1) is 0 Å². The molecule has 16 nitrogen and oxygen atoms in total. The largest absolute Gasteiger partial charge is 0.460 e. The van der Waals surface area contributed by atoms with Crippen LogP contribution in [0, 0.1) is 29.1 Å². The molecule has 5 rings (SSSR count). The van der Waals surface area contributed by atoms with E-state index in [0.717, 1.165) is 19.3 Å². The lowest BCUT2D eigenvalue weighted by molar-refractivity contribution is -0.199. The molecule has 3 amide bonds. The summed E-state index contributed by atoms with van der Waals surface area (Å²) in [6.45, 7) is 12.8. The quantitative estimate of drug-likeness (QED) is 0.0468. The summed E-state index contributed by atoms with van der Waals surface area (Å²) in [4.78, 5) is 54.1. The number of amides is 3. The highest BCUT2D eigenvalue weighted by atomic mass is 32.2. The van der Waals surface area contributed by atoms with Crippen LogP contribution in [0.4, 0.5) is 0 Å². The number of aliphatic hydroxyl groups is 1. The van der Waals surface area contributed by atoms with Crippen molar-refractivity contribution >= 4 is 40.6 Å². The van der Waals surface area contributed by atoms with Crippen LogP contribution in [0.5, 0.6) is 0 Å². The van der Waals surface area contributed by atoms with Crippen molar-refractivity contribution in [1.29, 1.82) is 0 Å². The van der Waals surface area contributed by atoms with Crippen molar-refractivity contribution in [1.82, 2.24) is 26.0 Å². The molecule has 0 aromatic heterocycles. The Balaban J connectivity index is 1.34. The van der Waals surface area contributed by atoms with Crippen LogP contribution in [-0.2, 0) is 38.5 Å². The van der Waals surface area contributed by atoms with Crippen molar-refractivity contribution in [3.05, 3.63) is 0 Å². The molecule has 5 fully saturated rings. The monoisotopic (exact) mass is 826 g/mol. The maximum absolute atomic E-state index is 13.9. The number of sulfonamides is 1. The van der Waals surface area contributed by atoms with E-state index < -0.39 is 58.0 Å². The van der Waals surface area contributed by atoms with Gasteiger partial charge in [0.25, 0.3) is 0 Å². The highest BCUT2D eigenvalue weighted by Gasteiger charge is 2.68. The molecule has 0 aromatic rings. The Hall–Kier alpha value is -2.19. The summed E-state index contributed by atoms with van der Waals surface area (Å²) in [5.74, 6) is -0.956. The van der Waals surface area contributed by atoms with Gasteiger partial charge in [-0.3, -0.25) is 19.2 Å². The fourth-order valence-corrected chi connectivity index (χ4v) is 10.9. The molecule has 18 heteroatoms. The van der Waals surface area contributed by atoms with Crippen molar-refractivity contribution in [3.8, 4) is 0 Å². The second kappa shape index (κ2) is 20.4. The molecule has 0 spiro atoms. The highest BCUT2D eigenvalue weighted by molar-refractivity contribution is 7.89. The van der Waals surface area contributed by atoms with E-state index in [9.17, 15) is 32.7 Å². The van der Waals surface area contributed by atoms with Gasteiger partial charge in [-0.25, -0.2) is 13.1 Å². The van der Waals surface area contributed by atoms with E-state index in [1.807, 2.05) is 0 Å². The van der Waals surface area contributed by atoms with Gasteiger partial charge in [0.1, 0.15) is 18.1 Å². The van der Waals surface area contributed by atoms with E-state index in [-0.39, 0.29) is 66.4 Å². The summed E-state index contributed by atoms with van der Waals surface area (Å²) in [6, 6.07) is -4.62. The van der Waals surface area contributed by atoms with Crippen molar-refractivity contribution in [2.45, 2.75) is 160 Å². The van der Waals surface area contributed by atoms with Crippen LogP contribution in [0.15, 0.2) is 0 Å². The summed E-state index contributed by atoms with van der Waals surface area (Å²) >= 11 is 0. The van der Waals surface area contributed by atoms with Gasteiger partial charge in [0.2, 0.25) is 27.7 Å². The zero-order valence-corrected chi connectivity index (χ0v) is 36.1. The van der Waals surface area contributed by atoms with Crippen molar-refractivity contribution < 1.29 is 42.0 Å². The molecule has 0 radical (unpaired) electrons. The zero-order valence-electron chi connectivity index (χ0n) is 35.3. The number of rotatable bonds is 25. The molecule has 1 saturated heterocycles. The van der Waals surface area contributed by atoms with Crippen LogP contribution in [0.3, 0.4) is 0 Å². The fourth-order valence-electron chi connectivity index (χ4n) is 9.65. The molecule has 57 heavy (non-hydrogen) atoms. The number of carbonyl (C=O) groups is 4. The van der Waals surface area contributed by atoms with Gasteiger partial charge < -0.3 is 47.1 Å². The third-order valence-corrected chi connectivity index (χ3v) is 15.1. The first-order valence-corrected chi connectivity index (χ1v) is 22.9. The average molecular weight is 826 g/mol. The molecular formula is C39H72BN7O9S. The number of unbranched alkanes of at least 4 members (excludes halogenated alkanes) is 2. The summed E-state index contributed by atoms with van der Waals surface area (Å²) in [7, 11) is -2.56. The second-order valence-corrected chi connectivity index (χ2v) is 19.9. The third kappa shape index (κ3) is 11.6. The van der Waals surface area contributed by atoms with Crippen molar-refractivity contribution in [2.75, 3.05) is 32.4 Å². The minimum atomic E-state index is -3.85. The molecule has 4 saturated carbocycles. The van der Waals surface area contributed by atoms with Gasteiger partial charge in [0, 0.05) is 13.0 Å². The Morgan fingerprint density at radius 2 is 1.53 bits per heavy atom. The topological polar surface area (TPSA) is 253 Å². The molecule has 2 bridgehead atoms. The lowest BCUT2D eigenvalue weighted by atomic mass is 9.43. The zero-order chi connectivity index (χ0) is 42.3. The van der Waals surface area contributed by atoms with Crippen LogP contribution in [-0.4, -0.2) is 119 Å². The fraction of sp³-hybridized carbons (Fsp3) is 0.897. The van der Waals surface area contributed by atoms with Crippen LogP contribution in [0.2, 0.25) is 5.82 Å². The lowest BCUT2D eigenvalue weighted by Gasteiger charge is -2.64. The van der Waals surface area contributed by atoms with Gasteiger partial charge in [-0.2, -0.15) is 0 Å². The Morgan fingerprint density at radius 1 is 0.877 bits per heavy atom. The van der Waals surface area contributed by atoms with E-state index in [1.165, 1.54) is 20.3 Å². The Morgan fingerprint density at radius 3 is 2.09 bits per heavy atom. The average Bonchev–Trinajstić information content (AvgIpc) is 3.51. The molecule has 4 aliphatic carbocycles. The smallest absolute Gasteiger partial charge is 0.405 e. The van der Waals surface area contributed by atoms with Gasteiger partial charge in [0.15, 0.2) is 5.78 Å². The maximum atomic E-state index is 13.9. The van der Waals surface area contributed by atoms with Crippen LogP contribution >= 0.6 is 0 Å². The first-order chi connectivity index (χ1) is 26.8. The van der Waals surface area contributed by atoms with Crippen LogP contribution in [0.25, 0.3) is 0 Å². The minimum Gasteiger partial charge on any atom is -0.405 e. The first-order valence-electron chi connectivity index (χ1n) is 21.3. The molecule has 1 aliphatic heterocycles. The number of hydrogen-bond donors (Lipinski definition) is 8. The number of carbonyl (C=O) groups excluding carboxylic acids is 4. The third-order valence-electron chi connectivity index (χ3n) is 13.7. The molecule has 326 valence electrons. The number of nitrogens with one attached hydrogen (secondary N) is 5. The molecule has 12 atom stereocenters. The van der Waals surface area contributed by atoms with Crippen LogP contribution < -0.4 is 37.5 Å². The van der Waals surface area contributed by atoms with Crippen molar-refractivity contribution in [3.63, 3.8) is 0 Å². The molecule has 1 heterocycles. The number of Topliss-reactive ketones (excluding diaryl/α,β-unsaturated/α-hetero) is 1. The summed E-state index contributed by atoms with van der Waals surface area (Å²) in [5.41, 5.74) is 11.3. The normalized spacial score (nSPS) is 29.4. The Labute approximate surface area is 340 Å². The number of hydrogen-bond acceptors (Lipinski definition) is 12. The Kier molecular flexibility index (Phi) is 17.0. The Bertz CT molecular complexity index is 1510. The molecule has 10 N–H and O–H groups in total. The highest BCUT2D eigenvalue weighted by Crippen LogP contribution is 2.66. The minimum absolute atomic E-state index is 0.0794. The molecule has 12 unspecified atom stereocenters. The van der Waals surface area contributed by atoms with Gasteiger partial charge in [-0.1, -0.05) is 33.6 Å². The van der Waals surface area contributed by atoms with Gasteiger partial charge in [-0.05, 0) is 127 Å². The number of aliphatic hydroxyl groups excluding tert-OH is 1. The van der Waals surface area contributed by atoms with Gasteiger partial charge >= 0.3 is 7.12 Å². The SMILES string of the molecule is CNCCS(=O)(=O)NC(CCCCN)C(=O)NC(C(=O)NC(C)C(=O)NC(CCCCN)C(=O)CC1CCC1C(C)B1OC2CC3CC(C3(C)C)C2(C)O1)C(C)O. The van der Waals surface area contributed by atoms with Crippen molar-refractivity contribution in [2.24, 2.45) is 40.6 Å². The second-order valence-electron chi connectivity index (χ2n) is 18.0. The summed E-state index contributed by atoms with van der Waals surface area (Å²) in [5, 5.41) is 21.1.